The highest BCUT2D eigenvalue weighted by atomic mass is 79.9. The second-order valence-electron chi connectivity index (χ2n) is 7.16. The normalized spacial score (nSPS) is 22.1. The van der Waals surface area contributed by atoms with E-state index in [1.165, 1.54) is 12.8 Å². The SMILES string of the molecule is C[C@H]1CCCN(CN2C(=O)C(=Nc3ccccc3)c3cc(Br)ccc32)C1. The van der Waals surface area contributed by atoms with Gasteiger partial charge in [0, 0.05) is 16.6 Å². The monoisotopic (exact) mass is 411 g/mol. The molecule has 4 nitrogen and oxygen atoms in total. The van der Waals surface area contributed by atoms with Crippen LogP contribution in [0.3, 0.4) is 0 Å². The molecule has 5 heteroatoms. The third-order valence-electron chi connectivity index (χ3n) is 5.03. The molecular formula is C21H22BrN3O. The highest BCUT2D eigenvalue weighted by molar-refractivity contribution is 9.10. The summed E-state index contributed by atoms with van der Waals surface area (Å²) in [5.41, 5.74) is 3.18. The zero-order valence-corrected chi connectivity index (χ0v) is 16.4. The minimum absolute atomic E-state index is 0.0137. The van der Waals surface area contributed by atoms with E-state index in [0.29, 0.717) is 18.3 Å². The molecule has 0 radical (unpaired) electrons. The van der Waals surface area contributed by atoms with Crippen molar-refractivity contribution >= 4 is 38.9 Å². The van der Waals surface area contributed by atoms with Crippen molar-refractivity contribution in [1.82, 2.24) is 4.90 Å². The molecule has 0 aliphatic carbocycles. The second kappa shape index (κ2) is 7.33. The summed E-state index contributed by atoms with van der Waals surface area (Å²) in [5.74, 6) is 0.670. The Kier molecular flexibility index (Phi) is 4.92. The van der Waals surface area contributed by atoms with E-state index in [4.69, 9.17) is 0 Å². The van der Waals surface area contributed by atoms with Gasteiger partial charge in [-0.05, 0) is 55.6 Å². The lowest BCUT2D eigenvalue weighted by Crippen LogP contribution is -2.45. The quantitative estimate of drug-likeness (QED) is 0.739. The van der Waals surface area contributed by atoms with Crippen molar-refractivity contribution in [3.05, 3.63) is 58.6 Å². The Hall–Kier alpha value is -1.98. The molecule has 0 aromatic heterocycles. The molecule has 2 aliphatic heterocycles. The summed E-state index contributed by atoms with van der Waals surface area (Å²) in [5, 5.41) is 0. The molecule has 26 heavy (non-hydrogen) atoms. The van der Waals surface area contributed by atoms with E-state index in [9.17, 15) is 4.79 Å². The van der Waals surface area contributed by atoms with Gasteiger partial charge in [-0.1, -0.05) is 41.1 Å². The molecule has 4 rings (SSSR count). The first kappa shape index (κ1) is 17.4. The Balaban J connectivity index is 1.69. The lowest BCUT2D eigenvalue weighted by atomic mass is 10.0. The first-order chi connectivity index (χ1) is 12.6. The zero-order valence-electron chi connectivity index (χ0n) is 14.9. The molecule has 0 saturated carbocycles. The van der Waals surface area contributed by atoms with Crippen molar-refractivity contribution in [3.8, 4) is 0 Å². The number of fused-ring (bicyclic) bond motifs is 1. The van der Waals surface area contributed by atoms with E-state index in [1.54, 1.807) is 0 Å². The van der Waals surface area contributed by atoms with Gasteiger partial charge in [-0.15, -0.1) is 0 Å². The molecule has 1 fully saturated rings. The molecule has 1 amide bonds. The summed E-state index contributed by atoms with van der Waals surface area (Å²) in [4.78, 5) is 22.1. The highest BCUT2D eigenvalue weighted by Crippen LogP contribution is 2.33. The molecule has 2 aromatic rings. The van der Waals surface area contributed by atoms with Crippen LogP contribution in [0.25, 0.3) is 0 Å². The summed E-state index contributed by atoms with van der Waals surface area (Å²) in [6.07, 6.45) is 2.47. The van der Waals surface area contributed by atoms with Gasteiger partial charge in [0.15, 0.2) is 0 Å². The number of nitrogens with zero attached hydrogens (tertiary/aromatic N) is 3. The number of aliphatic imine (C=N–C) groups is 1. The van der Waals surface area contributed by atoms with E-state index in [1.807, 2.05) is 53.4 Å². The van der Waals surface area contributed by atoms with Crippen molar-refractivity contribution in [3.63, 3.8) is 0 Å². The average molecular weight is 412 g/mol. The average Bonchev–Trinajstić information content (AvgIpc) is 2.88. The van der Waals surface area contributed by atoms with Crippen LogP contribution in [0.1, 0.15) is 25.3 Å². The van der Waals surface area contributed by atoms with E-state index in [2.05, 4.69) is 32.7 Å². The van der Waals surface area contributed by atoms with Gasteiger partial charge in [0.2, 0.25) is 0 Å². The molecule has 0 unspecified atom stereocenters. The van der Waals surface area contributed by atoms with Crippen LogP contribution in [0.5, 0.6) is 0 Å². The first-order valence-corrected chi connectivity index (χ1v) is 9.89. The summed E-state index contributed by atoms with van der Waals surface area (Å²) < 4.78 is 0.957. The number of halogens is 1. The molecule has 134 valence electrons. The molecule has 0 N–H and O–H groups in total. The Morgan fingerprint density at radius 2 is 2.00 bits per heavy atom. The largest absolute Gasteiger partial charge is 0.293 e. The van der Waals surface area contributed by atoms with Crippen LogP contribution in [0.15, 0.2) is 58.0 Å². The van der Waals surface area contributed by atoms with E-state index < -0.39 is 0 Å². The second-order valence-corrected chi connectivity index (χ2v) is 8.07. The van der Waals surface area contributed by atoms with Gasteiger partial charge in [-0.2, -0.15) is 0 Å². The lowest BCUT2D eigenvalue weighted by Gasteiger charge is -2.33. The minimum atomic E-state index is -0.0137. The van der Waals surface area contributed by atoms with Crippen molar-refractivity contribution in [2.45, 2.75) is 19.8 Å². The maximum absolute atomic E-state index is 13.2. The van der Waals surface area contributed by atoms with Gasteiger partial charge in [-0.3, -0.25) is 14.6 Å². The van der Waals surface area contributed by atoms with Crippen LogP contribution in [0.4, 0.5) is 11.4 Å². The van der Waals surface area contributed by atoms with Gasteiger partial charge in [0.25, 0.3) is 5.91 Å². The maximum atomic E-state index is 13.2. The lowest BCUT2D eigenvalue weighted by molar-refractivity contribution is -0.112. The number of hydrogen-bond donors (Lipinski definition) is 0. The van der Waals surface area contributed by atoms with Gasteiger partial charge in [0.1, 0.15) is 5.71 Å². The molecule has 1 saturated heterocycles. The number of amides is 1. The predicted molar refractivity (Wildman–Crippen MR) is 109 cm³/mol. The summed E-state index contributed by atoms with van der Waals surface area (Å²) in [6.45, 7) is 5.00. The van der Waals surface area contributed by atoms with Crippen molar-refractivity contribution < 1.29 is 4.79 Å². The van der Waals surface area contributed by atoms with Crippen molar-refractivity contribution in [2.24, 2.45) is 10.9 Å². The van der Waals surface area contributed by atoms with Crippen molar-refractivity contribution in [1.29, 1.82) is 0 Å². The molecule has 0 spiro atoms. The van der Waals surface area contributed by atoms with Gasteiger partial charge in [0.05, 0.1) is 18.0 Å². The highest BCUT2D eigenvalue weighted by Gasteiger charge is 2.35. The standard InChI is InChI=1S/C21H22BrN3O/c1-15-6-5-11-24(13-15)14-25-19-10-9-16(22)12-18(19)20(21(25)26)23-17-7-3-2-4-8-17/h2-4,7-10,12,15H,5-6,11,13-14H2,1H3/t15-/m0/s1. The Bertz CT molecular complexity index is 850. The number of hydrogen-bond acceptors (Lipinski definition) is 3. The van der Waals surface area contributed by atoms with Crippen LogP contribution < -0.4 is 4.90 Å². The van der Waals surface area contributed by atoms with Crippen molar-refractivity contribution in [2.75, 3.05) is 24.7 Å². The van der Waals surface area contributed by atoms with Gasteiger partial charge >= 0.3 is 0 Å². The van der Waals surface area contributed by atoms with Crippen LogP contribution in [0.2, 0.25) is 0 Å². The zero-order chi connectivity index (χ0) is 18.1. The molecule has 2 aliphatic rings. The molecular weight excluding hydrogens is 390 g/mol. The van der Waals surface area contributed by atoms with Crippen LogP contribution in [-0.2, 0) is 4.79 Å². The molecule has 2 aromatic carbocycles. The fourth-order valence-electron chi connectivity index (χ4n) is 3.78. The maximum Gasteiger partial charge on any atom is 0.278 e. The first-order valence-electron chi connectivity index (χ1n) is 9.10. The molecule has 1 atom stereocenters. The molecule has 2 heterocycles. The molecule has 0 bridgehead atoms. The van der Waals surface area contributed by atoms with Gasteiger partial charge < -0.3 is 0 Å². The fourth-order valence-corrected chi connectivity index (χ4v) is 4.14. The third kappa shape index (κ3) is 3.46. The predicted octanol–water partition coefficient (Wildman–Crippen LogP) is 4.61. The summed E-state index contributed by atoms with van der Waals surface area (Å²) >= 11 is 3.53. The Labute approximate surface area is 162 Å². The summed E-state index contributed by atoms with van der Waals surface area (Å²) in [6, 6.07) is 15.7. The number of para-hydroxylation sites is 1. The third-order valence-corrected chi connectivity index (χ3v) is 5.53. The Morgan fingerprint density at radius 1 is 1.19 bits per heavy atom. The number of likely N-dealkylation sites (tertiary alicyclic amines) is 1. The van der Waals surface area contributed by atoms with Crippen LogP contribution in [0, 0.1) is 5.92 Å². The number of benzene rings is 2. The fraction of sp³-hybridized carbons (Fsp3) is 0.333. The van der Waals surface area contributed by atoms with Gasteiger partial charge in [-0.25, -0.2) is 4.99 Å². The van der Waals surface area contributed by atoms with Crippen LogP contribution >= 0.6 is 15.9 Å². The number of anilines is 1. The van der Waals surface area contributed by atoms with E-state index in [0.717, 1.165) is 34.5 Å². The van der Waals surface area contributed by atoms with Crippen LogP contribution in [-0.4, -0.2) is 36.3 Å². The Morgan fingerprint density at radius 3 is 2.77 bits per heavy atom. The smallest absolute Gasteiger partial charge is 0.278 e. The number of carbonyl (C=O) groups is 1. The number of rotatable bonds is 3. The summed E-state index contributed by atoms with van der Waals surface area (Å²) in [7, 11) is 0. The van der Waals surface area contributed by atoms with E-state index in [-0.39, 0.29) is 5.91 Å². The van der Waals surface area contributed by atoms with E-state index >= 15 is 0 Å². The topological polar surface area (TPSA) is 35.9 Å². The number of piperidine rings is 1. The minimum Gasteiger partial charge on any atom is -0.293 e. The number of carbonyl (C=O) groups excluding carboxylic acids is 1.